The molecule has 0 aliphatic carbocycles. The first-order valence-corrected chi connectivity index (χ1v) is 15.0. The summed E-state index contributed by atoms with van der Waals surface area (Å²) in [5.74, 6) is 0.632. The predicted molar refractivity (Wildman–Crippen MR) is 172 cm³/mol. The molecule has 0 bridgehead atoms. The van der Waals surface area contributed by atoms with Crippen LogP contribution in [0.25, 0.3) is 4.91 Å². The van der Waals surface area contributed by atoms with Gasteiger partial charge in [-0.2, -0.15) is 0 Å². The molecule has 38 heavy (non-hydrogen) atoms. The average Bonchev–Trinajstić information content (AvgIpc) is 2.86. The van der Waals surface area contributed by atoms with Crippen LogP contribution in [0.2, 0.25) is 0 Å². The second-order valence-electron chi connectivity index (χ2n) is 12.5. The van der Waals surface area contributed by atoms with Crippen molar-refractivity contribution in [3.63, 3.8) is 0 Å². The van der Waals surface area contributed by atoms with Crippen LogP contribution in [0.1, 0.15) is 108 Å². The van der Waals surface area contributed by atoms with Crippen molar-refractivity contribution in [3.8, 4) is 0 Å². The summed E-state index contributed by atoms with van der Waals surface area (Å²) < 4.78 is 0. The van der Waals surface area contributed by atoms with E-state index in [4.69, 9.17) is 0 Å². The van der Waals surface area contributed by atoms with Crippen LogP contribution in [-0.2, 0) is 23.7 Å². The van der Waals surface area contributed by atoms with Crippen molar-refractivity contribution in [3.05, 3.63) is 123 Å². The summed E-state index contributed by atoms with van der Waals surface area (Å²) in [6.45, 7) is 24.7. The van der Waals surface area contributed by atoms with Crippen molar-refractivity contribution in [2.45, 2.75) is 92.4 Å². The SMILES string of the molecule is C=C(C)S/C(=C\C)c1cc(Cc2cccc(C(C)(C)C)c2)cc(Cc2cccc(C(C)(C)C(C)CC)c2)c1. The predicted octanol–water partition coefficient (Wildman–Crippen LogP) is 11.1. The largest absolute Gasteiger partial charge is 0.0952 e. The third kappa shape index (κ3) is 7.76. The first kappa shape index (κ1) is 30.0. The zero-order chi connectivity index (χ0) is 28.1. The molecule has 0 nitrogen and oxygen atoms in total. The van der Waals surface area contributed by atoms with E-state index in [2.05, 4.69) is 142 Å². The monoisotopic (exact) mass is 524 g/mol. The maximum Gasteiger partial charge on any atom is 0.0148 e. The summed E-state index contributed by atoms with van der Waals surface area (Å²) in [6.07, 6.45) is 5.27. The Balaban J connectivity index is 2.02. The molecule has 1 unspecified atom stereocenters. The molecule has 0 saturated carbocycles. The highest BCUT2D eigenvalue weighted by molar-refractivity contribution is 8.11. The first-order chi connectivity index (χ1) is 17.8. The van der Waals surface area contributed by atoms with Gasteiger partial charge in [0.25, 0.3) is 0 Å². The van der Waals surface area contributed by atoms with Gasteiger partial charge in [0.1, 0.15) is 0 Å². The van der Waals surface area contributed by atoms with E-state index in [1.54, 1.807) is 11.8 Å². The van der Waals surface area contributed by atoms with Gasteiger partial charge in [0.05, 0.1) is 0 Å². The lowest BCUT2D eigenvalue weighted by molar-refractivity contribution is 0.334. The molecule has 3 aromatic carbocycles. The summed E-state index contributed by atoms with van der Waals surface area (Å²) in [5.41, 5.74) is 9.89. The van der Waals surface area contributed by atoms with E-state index in [9.17, 15) is 0 Å². The van der Waals surface area contributed by atoms with Crippen LogP contribution in [0.5, 0.6) is 0 Å². The Hall–Kier alpha value is -2.51. The van der Waals surface area contributed by atoms with Crippen LogP contribution >= 0.6 is 11.8 Å². The third-order valence-corrected chi connectivity index (χ3v) is 9.05. The fourth-order valence-electron chi connectivity index (χ4n) is 5.08. The van der Waals surface area contributed by atoms with Gasteiger partial charge in [0.2, 0.25) is 0 Å². The average molecular weight is 525 g/mol. The van der Waals surface area contributed by atoms with Gasteiger partial charge in [0.15, 0.2) is 0 Å². The molecule has 0 heterocycles. The Morgan fingerprint density at radius 1 is 0.816 bits per heavy atom. The third-order valence-electron chi connectivity index (χ3n) is 8.01. The molecule has 1 atom stereocenters. The smallest absolute Gasteiger partial charge is 0.0148 e. The maximum atomic E-state index is 4.16. The van der Waals surface area contributed by atoms with Crippen molar-refractivity contribution in [1.29, 1.82) is 0 Å². The number of thioether (sulfide) groups is 1. The van der Waals surface area contributed by atoms with Crippen molar-refractivity contribution in [2.24, 2.45) is 5.92 Å². The van der Waals surface area contributed by atoms with Gasteiger partial charge in [-0.25, -0.2) is 0 Å². The maximum absolute atomic E-state index is 4.16. The van der Waals surface area contributed by atoms with Crippen LogP contribution < -0.4 is 0 Å². The molecule has 202 valence electrons. The Bertz CT molecular complexity index is 1280. The lowest BCUT2D eigenvalue weighted by atomic mass is 9.73. The number of hydrogen-bond acceptors (Lipinski definition) is 1. The number of benzene rings is 3. The summed E-state index contributed by atoms with van der Waals surface area (Å²) in [7, 11) is 0. The number of rotatable bonds is 10. The highest BCUT2D eigenvalue weighted by Crippen LogP contribution is 2.36. The van der Waals surface area contributed by atoms with E-state index in [0.717, 1.165) is 17.7 Å². The summed E-state index contributed by atoms with van der Waals surface area (Å²) in [5, 5.41) is 0. The molecule has 0 N–H and O–H groups in total. The zero-order valence-electron chi connectivity index (χ0n) is 25.2. The number of allylic oxidation sites excluding steroid dienone is 2. The summed E-state index contributed by atoms with van der Waals surface area (Å²) in [4.78, 5) is 2.39. The first-order valence-electron chi connectivity index (χ1n) is 14.1. The molecule has 0 aromatic heterocycles. The lowest BCUT2D eigenvalue weighted by Gasteiger charge is -2.32. The molecule has 0 amide bonds. The summed E-state index contributed by atoms with van der Waals surface area (Å²) >= 11 is 1.77. The van der Waals surface area contributed by atoms with Gasteiger partial charge >= 0.3 is 0 Å². The molecule has 0 fully saturated rings. The van der Waals surface area contributed by atoms with E-state index < -0.39 is 0 Å². The Kier molecular flexibility index (Phi) is 9.93. The second kappa shape index (κ2) is 12.6. The molecular formula is C37H48S. The van der Waals surface area contributed by atoms with Crippen LogP contribution in [0, 0.1) is 5.92 Å². The molecule has 3 aromatic rings. The van der Waals surface area contributed by atoms with Crippen LogP contribution in [0.3, 0.4) is 0 Å². The topological polar surface area (TPSA) is 0 Å². The van der Waals surface area contributed by atoms with Crippen molar-refractivity contribution in [1.82, 2.24) is 0 Å². The molecule has 0 aliphatic heterocycles. The normalized spacial score (nSPS) is 13.4. The Labute approximate surface area is 237 Å². The Morgan fingerprint density at radius 3 is 1.82 bits per heavy atom. The van der Waals surface area contributed by atoms with Crippen LogP contribution in [-0.4, -0.2) is 0 Å². The van der Waals surface area contributed by atoms with E-state index in [1.165, 1.54) is 50.3 Å². The summed E-state index contributed by atoms with van der Waals surface area (Å²) in [6, 6.07) is 25.5. The van der Waals surface area contributed by atoms with Gasteiger partial charge in [-0.05, 0) is 87.3 Å². The van der Waals surface area contributed by atoms with Crippen LogP contribution in [0.15, 0.2) is 84.3 Å². The van der Waals surface area contributed by atoms with E-state index in [1.807, 2.05) is 0 Å². The van der Waals surface area contributed by atoms with Crippen molar-refractivity contribution < 1.29 is 0 Å². The van der Waals surface area contributed by atoms with E-state index in [0.29, 0.717) is 5.92 Å². The highest BCUT2D eigenvalue weighted by atomic mass is 32.2. The van der Waals surface area contributed by atoms with Gasteiger partial charge in [-0.3, -0.25) is 0 Å². The lowest BCUT2D eigenvalue weighted by Crippen LogP contribution is -2.26. The van der Waals surface area contributed by atoms with Gasteiger partial charge < -0.3 is 0 Å². The minimum atomic E-state index is 0.146. The van der Waals surface area contributed by atoms with Crippen LogP contribution in [0.4, 0.5) is 0 Å². The molecule has 3 rings (SSSR count). The van der Waals surface area contributed by atoms with Gasteiger partial charge in [0, 0.05) is 4.91 Å². The molecule has 0 spiro atoms. The van der Waals surface area contributed by atoms with Crippen molar-refractivity contribution in [2.75, 3.05) is 0 Å². The molecule has 0 radical (unpaired) electrons. The van der Waals surface area contributed by atoms with E-state index in [-0.39, 0.29) is 10.8 Å². The minimum Gasteiger partial charge on any atom is -0.0952 e. The quantitative estimate of drug-likeness (QED) is 0.254. The fourth-order valence-corrected chi connectivity index (χ4v) is 5.81. The molecule has 0 saturated heterocycles. The molecule has 1 heteroatoms. The van der Waals surface area contributed by atoms with Crippen molar-refractivity contribution >= 4 is 16.7 Å². The fraction of sp³-hybridized carbons (Fsp3) is 0.405. The van der Waals surface area contributed by atoms with Gasteiger partial charge in [-0.15, -0.1) is 0 Å². The van der Waals surface area contributed by atoms with Gasteiger partial charge in [-0.1, -0.05) is 146 Å². The Morgan fingerprint density at radius 2 is 1.34 bits per heavy atom. The minimum absolute atomic E-state index is 0.146. The van der Waals surface area contributed by atoms with E-state index >= 15 is 0 Å². The molecule has 0 aliphatic rings. The molecular weight excluding hydrogens is 476 g/mol. The highest BCUT2D eigenvalue weighted by Gasteiger charge is 2.26. The second-order valence-corrected chi connectivity index (χ2v) is 13.9. The number of hydrogen-bond donors (Lipinski definition) is 0. The zero-order valence-corrected chi connectivity index (χ0v) is 26.1. The standard InChI is InChI=1S/C37H48S/c1-11-27(5)37(9,10)34-18-14-16-29(25-34)20-31-21-30(22-32(23-31)35(12-2)38-26(3)4)19-28-15-13-17-33(24-28)36(6,7)8/h12-18,21-25,27H,3,11,19-20H2,1-2,4-10H3/b35-12-.